The van der Waals surface area contributed by atoms with Crippen LogP contribution < -0.4 is 5.56 Å². The molecule has 36 heavy (non-hydrogen) atoms. The fourth-order valence-electron chi connectivity index (χ4n) is 4.62. The van der Waals surface area contributed by atoms with Crippen LogP contribution in [-0.4, -0.2) is 50.0 Å². The first-order chi connectivity index (χ1) is 17.1. The summed E-state index contributed by atoms with van der Waals surface area (Å²) in [5, 5.41) is 0. The maximum atomic E-state index is 13.7. The number of carbonyl (C=O) groups is 1. The number of carbonyl (C=O) groups excluding carboxylic acids is 1. The molecular formula is C25H22F4N4O3. The maximum Gasteiger partial charge on any atom is 0.410 e. The molecule has 2 unspecified atom stereocenters. The van der Waals surface area contributed by atoms with Crippen molar-refractivity contribution in [1.82, 2.24) is 19.4 Å². The van der Waals surface area contributed by atoms with Gasteiger partial charge in [0.1, 0.15) is 11.9 Å². The number of aryl methyl sites for hydroxylation is 1. The lowest BCUT2D eigenvalue weighted by atomic mass is 9.85. The Morgan fingerprint density at radius 2 is 1.83 bits per heavy atom. The van der Waals surface area contributed by atoms with E-state index in [1.807, 2.05) is 42.5 Å². The SMILES string of the molecule is Cc1nc2c(c(=O)n1C(c1ccccc1)c1ccccn1)CCN(C(=O)OC1CC(F)(F)C1(F)F)C2. The molecule has 2 aliphatic rings. The van der Waals surface area contributed by atoms with Gasteiger partial charge in [0, 0.05) is 18.3 Å². The van der Waals surface area contributed by atoms with Crippen LogP contribution in [0.2, 0.25) is 0 Å². The molecule has 0 N–H and O–H groups in total. The minimum absolute atomic E-state index is 0.0000885. The van der Waals surface area contributed by atoms with Crippen molar-refractivity contribution >= 4 is 6.09 Å². The molecule has 1 aromatic carbocycles. The quantitative estimate of drug-likeness (QED) is 0.502. The second-order valence-corrected chi connectivity index (χ2v) is 8.90. The van der Waals surface area contributed by atoms with Crippen molar-refractivity contribution in [3.8, 4) is 0 Å². The monoisotopic (exact) mass is 502 g/mol. The van der Waals surface area contributed by atoms with E-state index in [0.29, 0.717) is 22.8 Å². The zero-order valence-electron chi connectivity index (χ0n) is 19.2. The number of ether oxygens (including phenoxy) is 1. The molecule has 11 heteroatoms. The van der Waals surface area contributed by atoms with Gasteiger partial charge in [-0.3, -0.25) is 14.3 Å². The van der Waals surface area contributed by atoms with Gasteiger partial charge in [0.05, 0.1) is 24.4 Å². The van der Waals surface area contributed by atoms with Crippen molar-refractivity contribution < 1.29 is 27.1 Å². The molecule has 1 saturated carbocycles. The molecule has 0 saturated heterocycles. The Morgan fingerprint density at radius 3 is 2.47 bits per heavy atom. The van der Waals surface area contributed by atoms with Crippen molar-refractivity contribution in [2.75, 3.05) is 6.54 Å². The molecule has 0 spiro atoms. The van der Waals surface area contributed by atoms with E-state index in [0.717, 1.165) is 10.5 Å². The number of fused-ring (bicyclic) bond motifs is 1. The number of nitrogens with zero attached hydrogens (tertiary/aromatic N) is 4. The van der Waals surface area contributed by atoms with Gasteiger partial charge in [0.2, 0.25) is 0 Å². The molecule has 1 aliphatic carbocycles. The Morgan fingerprint density at radius 1 is 1.11 bits per heavy atom. The smallest absolute Gasteiger partial charge is 0.410 e. The lowest BCUT2D eigenvalue weighted by molar-refractivity contribution is -0.330. The van der Waals surface area contributed by atoms with Crippen LogP contribution in [0.3, 0.4) is 0 Å². The van der Waals surface area contributed by atoms with Crippen molar-refractivity contribution in [1.29, 1.82) is 0 Å². The van der Waals surface area contributed by atoms with Gasteiger partial charge in [-0.25, -0.2) is 9.78 Å². The molecule has 1 fully saturated rings. The van der Waals surface area contributed by atoms with Crippen LogP contribution >= 0.6 is 0 Å². The molecule has 3 heterocycles. The van der Waals surface area contributed by atoms with Crippen LogP contribution in [-0.2, 0) is 17.7 Å². The third kappa shape index (κ3) is 3.92. The lowest BCUT2D eigenvalue weighted by Gasteiger charge is -2.43. The summed E-state index contributed by atoms with van der Waals surface area (Å²) < 4.78 is 59.5. The normalized spacial score (nSPS) is 20.7. The van der Waals surface area contributed by atoms with E-state index in [1.54, 1.807) is 23.8 Å². The summed E-state index contributed by atoms with van der Waals surface area (Å²) >= 11 is 0. The van der Waals surface area contributed by atoms with Crippen LogP contribution in [0, 0.1) is 6.92 Å². The summed E-state index contributed by atoms with van der Waals surface area (Å²) in [7, 11) is 0. The van der Waals surface area contributed by atoms with Gasteiger partial charge in [0.15, 0.2) is 6.10 Å². The number of amides is 1. The fourth-order valence-corrected chi connectivity index (χ4v) is 4.62. The zero-order valence-corrected chi connectivity index (χ0v) is 19.2. The maximum absolute atomic E-state index is 13.7. The van der Waals surface area contributed by atoms with Crippen LogP contribution in [0.15, 0.2) is 59.5 Å². The second kappa shape index (κ2) is 8.72. The largest absolute Gasteiger partial charge is 0.439 e. The van der Waals surface area contributed by atoms with Gasteiger partial charge in [-0.15, -0.1) is 0 Å². The van der Waals surface area contributed by atoms with E-state index >= 15 is 0 Å². The molecule has 7 nitrogen and oxygen atoms in total. The molecule has 5 rings (SSSR count). The van der Waals surface area contributed by atoms with Gasteiger partial charge in [-0.05, 0) is 31.0 Å². The van der Waals surface area contributed by atoms with Crippen LogP contribution in [0.25, 0.3) is 0 Å². The van der Waals surface area contributed by atoms with E-state index in [1.165, 1.54) is 0 Å². The number of benzene rings is 1. The second-order valence-electron chi connectivity index (χ2n) is 8.90. The lowest BCUT2D eigenvalue weighted by Crippen LogP contribution is -2.64. The Kier molecular flexibility index (Phi) is 5.80. The van der Waals surface area contributed by atoms with Crippen molar-refractivity contribution in [3.05, 3.63) is 93.4 Å². The summed E-state index contributed by atoms with van der Waals surface area (Å²) in [5.41, 5.74) is 1.89. The molecular weight excluding hydrogens is 480 g/mol. The predicted octanol–water partition coefficient (Wildman–Crippen LogP) is 4.12. The molecule has 1 aliphatic heterocycles. The van der Waals surface area contributed by atoms with Crippen LogP contribution in [0.1, 0.15) is 40.8 Å². The van der Waals surface area contributed by atoms with Crippen molar-refractivity contribution in [2.24, 2.45) is 0 Å². The standard InChI is InChI=1S/C25H22F4N4O3/c1-15-31-19-14-32(23(35)36-20-13-24(26,27)25(20,28)29)12-10-17(19)22(34)33(15)21(16-7-3-2-4-8-16)18-9-5-6-11-30-18/h2-9,11,20-21H,10,12-14H2,1H3. The molecule has 3 aromatic rings. The van der Waals surface area contributed by atoms with E-state index in [-0.39, 0.29) is 25.1 Å². The van der Waals surface area contributed by atoms with Gasteiger partial charge in [0.25, 0.3) is 5.56 Å². The topological polar surface area (TPSA) is 77.3 Å². The number of rotatable bonds is 4. The van der Waals surface area contributed by atoms with Gasteiger partial charge < -0.3 is 9.64 Å². The third-order valence-corrected chi connectivity index (χ3v) is 6.62. The predicted molar refractivity (Wildman–Crippen MR) is 120 cm³/mol. The molecule has 0 bridgehead atoms. The van der Waals surface area contributed by atoms with Gasteiger partial charge in [-0.1, -0.05) is 36.4 Å². The zero-order chi connectivity index (χ0) is 25.7. The minimum Gasteiger partial charge on any atom is -0.439 e. The molecule has 2 atom stereocenters. The summed E-state index contributed by atoms with van der Waals surface area (Å²) in [6, 6.07) is 14.3. The van der Waals surface area contributed by atoms with Crippen LogP contribution in [0.4, 0.5) is 22.4 Å². The number of hydrogen-bond donors (Lipinski definition) is 0. The van der Waals surface area contributed by atoms with Crippen LogP contribution in [0.5, 0.6) is 0 Å². The minimum atomic E-state index is -4.41. The molecule has 1 amide bonds. The Hall–Kier alpha value is -3.76. The highest BCUT2D eigenvalue weighted by atomic mass is 19.3. The third-order valence-electron chi connectivity index (χ3n) is 6.62. The Balaban J connectivity index is 1.44. The number of halogens is 4. The molecule has 188 valence electrons. The first-order valence-corrected chi connectivity index (χ1v) is 11.4. The summed E-state index contributed by atoms with van der Waals surface area (Å²) in [6.07, 6.45) is -2.80. The fraction of sp³-hybridized carbons (Fsp3) is 0.360. The van der Waals surface area contributed by atoms with Crippen molar-refractivity contribution in [2.45, 2.75) is 50.3 Å². The Labute approximate surface area is 203 Å². The van der Waals surface area contributed by atoms with E-state index in [9.17, 15) is 27.2 Å². The van der Waals surface area contributed by atoms with Crippen molar-refractivity contribution in [3.63, 3.8) is 0 Å². The summed E-state index contributed by atoms with van der Waals surface area (Å²) in [6.45, 7) is 1.51. The average Bonchev–Trinajstić information content (AvgIpc) is 2.86. The molecule has 2 aromatic heterocycles. The highest BCUT2D eigenvalue weighted by molar-refractivity contribution is 5.68. The average molecular weight is 502 g/mol. The highest BCUT2D eigenvalue weighted by Gasteiger charge is 2.74. The van der Waals surface area contributed by atoms with E-state index in [4.69, 9.17) is 0 Å². The first-order valence-electron chi connectivity index (χ1n) is 11.4. The van der Waals surface area contributed by atoms with Gasteiger partial charge >= 0.3 is 17.9 Å². The highest BCUT2D eigenvalue weighted by Crippen LogP contribution is 2.52. The molecule has 0 radical (unpaired) electrons. The summed E-state index contributed by atoms with van der Waals surface area (Å²) in [5.74, 6) is -8.23. The first kappa shape index (κ1) is 24.0. The van der Waals surface area contributed by atoms with E-state index < -0.39 is 36.5 Å². The number of aromatic nitrogens is 3. The number of hydrogen-bond acceptors (Lipinski definition) is 5. The summed E-state index contributed by atoms with van der Waals surface area (Å²) in [4.78, 5) is 36.2. The number of pyridine rings is 1. The van der Waals surface area contributed by atoms with Gasteiger partial charge in [-0.2, -0.15) is 17.6 Å². The number of alkyl halides is 4. The Bertz CT molecular complexity index is 1310. The van der Waals surface area contributed by atoms with E-state index in [2.05, 4.69) is 14.7 Å².